The minimum atomic E-state index is 0.269. The molecule has 0 spiro atoms. The van der Waals surface area contributed by atoms with E-state index < -0.39 is 0 Å². The molecule has 4 heteroatoms. The molecule has 0 aliphatic heterocycles. The molecule has 1 fully saturated rings. The first kappa shape index (κ1) is 27.4. The predicted octanol–water partition coefficient (Wildman–Crippen LogP) is 8.42. The fraction of sp³-hybridized carbons (Fsp3) is 1.00. The fourth-order valence-electron chi connectivity index (χ4n) is 5.72. The van der Waals surface area contributed by atoms with Crippen LogP contribution in [0.4, 0.5) is 0 Å². The van der Waals surface area contributed by atoms with E-state index in [0.29, 0.717) is 21.0 Å². The van der Waals surface area contributed by atoms with Gasteiger partial charge in [0.2, 0.25) is 0 Å². The molecule has 1 saturated carbocycles. The lowest BCUT2D eigenvalue weighted by Gasteiger charge is -2.39. The summed E-state index contributed by atoms with van der Waals surface area (Å²) in [6, 6.07) is 0. The molecule has 0 bridgehead atoms. The maximum absolute atomic E-state index is 5.02. The number of hydrogen-bond donors (Lipinski definition) is 4. The minimum absolute atomic E-state index is 0.269. The number of thiol groups is 4. The van der Waals surface area contributed by atoms with Gasteiger partial charge >= 0.3 is 0 Å². The van der Waals surface area contributed by atoms with E-state index in [4.69, 9.17) is 50.5 Å². The fourth-order valence-corrected chi connectivity index (χ4v) is 9.68. The van der Waals surface area contributed by atoms with Crippen LogP contribution in [0.15, 0.2) is 0 Å². The van der Waals surface area contributed by atoms with Gasteiger partial charge in [0.05, 0.1) is 0 Å². The zero-order chi connectivity index (χ0) is 22.0. The van der Waals surface area contributed by atoms with E-state index in [0.717, 1.165) is 51.4 Å². The van der Waals surface area contributed by atoms with Crippen LogP contribution in [0.2, 0.25) is 0 Å². The predicted molar refractivity (Wildman–Crippen MR) is 143 cm³/mol. The van der Waals surface area contributed by atoms with Gasteiger partial charge in [-0.1, -0.05) is 55.4 Å². The summed E-state index contributed by atoms with van der Waals surface area (Å²) in [6.07, 6.45) is 9.18. The van der Waals surface area contributed by atoms with Gasteiger partial charge in [-0.2, -0.15) is 50.5 Å². The van der Waals surface area contributed by atoms with Gasteiger partial charge in [-0.25, -0.2) is 0 Å². The molecule has 1 rings (SSSR count). The molecule has 0 aromatic carbocycles. The van der Waals surface area contributed by atoms with E-state index >= 15 is 0 Å². The van der Waals surface area contributed by atoms with E-state index in [-0.39, 0.29) is 21.7 Å². The molecule has 0 N–H and O–H groups in total. The summed E-state index contributed by atoms with van der Waals surface area (Å²) in [5, 5.41) is 1.73. The van der Waals surface area contributed by atoms with Crippen LogP contribution in [0.25, 0.3) is 0 Å². The summed E-state index contributed by atoms with van der Waals surface area (Å²) in [4.78, 5) is 0. The van der Waals surface area contributed by atoms with E-state index in [2.05, 4.69) is 55.4 Å². The highest BCUT2D eigenvalue weighted by atomic mass is 32.1. The largest absolute Gasteiger partial charge is 0.176 e. The second kappa shape index (κ2) is 10.3. The molecular formula is C24H48S4. The highest BCUT2D eigenvalue weighted by Crippen LogP contribution is 2.44. The van der Waals surface area contributed by atoms with E-state index in [1.165, 1.54) is 0 Å². The summed E-state index contributed by atoms with van der Waals surface area (Å²) < 4.78 is 0. The van der Waals surface area contributed by atoms with Crippen molar-refractivity contribution in [2.75, 3.05) is 0 Å². The molecule has 0 amide bonds. The third-order valence-corrected chi connectivity index (χ3v) is 7.77. The Bertz CT molecular complexity index is 361. The van der Waals surface area contributed by atoms with Crippen molar-refractivity contribution in [2.24, 2.45) is 21.7 Å². The first-order chi connectivity index (χ1) is 12.4. The molecule has 0 unspecified atom stereocenters. The average molecular weight is 465 g/mol. The molecule has 0 radical (unpaired) electrons. The molecule has 0 aromatic rings. The van der Waals surface area contributed by atoms with Gasteiger partial charge in [0.1, 0.15) is 0 Å². The summed E-state index contributed by atoms with van der Waals surface area (Å²) >= 11 is 20.1. The third kappa shape index (κ3) is 11.1. The van der Waals surface area contributed by atoms with Crippen LogP contribution in [0, 0.1) is 21.7 Å². The van der Waals surface area contributed by atoms with Crippen LogP contribution in [0.5, 0.6) is 0 Å². The first-order valence-corrected chi connectivity index (χ1v) is 13.2. The van der Waals surface area contributed by atoms with Gasteiger partial charge in [0.25, 0.3) is 0 Å². The Labute approximate surface area is 199 Å². The normalized spacial score (nSPS) is 37.3. The number of hydrogen-bond acceptors (Lipinski definition) is 4. The van der Waals surface area contributed by atoms with Gasteiger partial charge < -0.3 is 0 Å². The average Bonchev–Trinajstić information content (AvgIpc) is 2.28. The maximum atomic E-state index is 5.02. The quantitative estimate of drug-likeness (QED) is 0.254. The van der Waals surface area contributed by atoms with Crippen molar-refractivity contribution in [3.63, 3.8) is 0 Å². The van der Waals surface area contributed by atoms with Gasteiger partial charge in [-0.3, -0.25) is 0 Å². The smallest absolute Gasteiger partial charge is 0.00269 e. The second-order valence-corrected chi connectivity index (χ2v) is 15.8. The molecular weight excluding hydrogens is 417 g/mol. The molecule has 0 saturated heterocycles. The Morgan fingerprint density at radius 2 is 0.464 bits per heavy atom. The van der Waals surface area contributed by atoms with Crippen molar-refractivity contribution >= 4 is 50.5 Å². The lowest BCUT2D eigenvalue weighted by Crippen LogP contribution is -2.31. The van der Waals surface area contributed by atoms with E-state index in [9.17, 15) is 0 Å². The topological polar surface area (TPSA) is 0 Å². The third-order valence-electron chi connectivity index (χ3n) is 6.31. The Hall–Kier alpha value is 1.40. The summed E-state index contributed by atoms with van der Waals surface area (Å²) in [5.41, 5.74) is 1.07. The van der Waals surface area contributed by atoms with Gasteiger partial charge in [-0.15, -0.1) is 0 Å². The molecule has 168 valence electrons. The molecule has 28 heavy (non-hydrogen) atoms. The van der Waals surface area contributed by atoms with Crippen molar-refractivity contribution in [1.82, 2.24) is 0 Å². The van der Waals surface area contributed by atoms with E-state index in [1.807, 2.05) is 0 Å². The van der Waals surface area contributed by atoms with Crippen LogP contribution >= 0.6 is 50.5 Å². The van der Waals surface area contributed by atoms with E-state index in [1.54, 1.807) is 0 Å². The Balaban J connectivity index is 3.04. The van der Waals surface area contributed by atoms with Crippen molar-refractivity contribution < 1.29 is 0 Å². The minimum Gasteiger partial charge on any atom is -0.176 e. The zero-order valence-electron chi connectivity index (χ0n) is 19.8. The van der Waals surface area contributed by atoms with Gasteiger partial charge in [0, 0.05) is 21.0 Å². The molecule has 0 heterocycles. The van der Waals surface area contributed by atoms with Crippen LogP contribution in [0.3, 0.4) is 0 Å². The lowest BCUT2D eigenvalue weighted by molar-refractivity contribution is 0.203. The summed E-state index contributed by atoms with van der Waals surface area (Å²) in [5.74, 6) is 0. The highest BCUT2D eigenvalue weighted by molar-refractivity contribution is 7.81. The van der Waals surface area contributed by atoms with Gasteiger partial charge in [-0.05, 0) is 73.0 Å². The first-order valence-electron chi connectivity index (χ1n) is 11.1. The Morgan fingerprint density at radius 3 is 0.571 bits per heavy atom. The standard InChI is InChI=1S/C24H48S4/c1-21(2)9-17(25)11-22(3,4)13-19(27)15-24(7,8)16-20(28)14-23(5,6)12-18(26)10-21/h17-20,25-28H,9-16H2,1-8H3. The lowest BCUT2D eigenvalue weighted by atomic mass is 9.72. The van der Waals surface area contributed by atoms with Crippen molar-refractivity contribution in [3.8, 4) is 0 Å². The monoisotopic (exact) mass is 464 g/mol. The Kier molecular flexibility index (Phi) is 10.1. The van der Waals surface area contributed by atoms with Crippen molar-refractivity contribution in [2.45, 2.75) is 128 Å². The Morgan fingerprint density at radius 1 is 0.357 bits per heavy atom. The van der Waals surface area contributed by atoms with Crippen molar-refractivity contribution in [3.05, 3.63) is 0 Å². The summed E-state index contributed by atoms with van der Waals surface area (Å²) in [7, 11) is 0. The number of rotatable bonds is 0. The van der Waals surface area contributed by atoms with Crippen molar-refractivity contribution in [1.29, 1.82) is 0 Å². The molecule has 0 nitrogen and oxygen atoms in total. The highest BCUT2D eigenvalue weighted by Gasteiger charge is 2.34. The molecule has 0 aromatic heterocycles. The zero-order valence-corrected chi connectivity index (χ0v) is 23.3. The maximum Gasteiger partial charge on any atom is 0.00269 e. The van der Waals surface area contributed by atoms with Gasteiger partial charge in [0.15, 0.2) is 0 Å². The molecule has 1 aliphatic rings. The van der Waals surface area contributed by atoms with Crippen LogP contribution in [-0.2, 0) is 0 Å². The van der Waals surface area contributed by atoms with Crippen LogP contribution in [-0.4, -0.2) is 21.0 Å². The second-order valence-electron chi connectivity index (χ2n) is 12.9. The summed E-state index contributed by atoms with van der Waals surface area (Å²) in [6.45, 7) is 19.2. The molecule has 0 atom stereocenters. The van der Waals surface area contributed by atoms with Crippen LogP contribution in [0.1, 0.15) is 107 Å². The SMILES string of the molecule is CC1(C)CC(S)CC(C)(C)CC(S)CC(C)(C)CC(S)CC(C)(C)CC(S)C1. The van der Waals surface area contributed by atoms with Crippen LogP contribution < -0.4 is 0 Å². The molecule has 1 aliphatic carbocycles.